The van der Waals surface area contributed by atoms with E-state index in [9.17, 15) is 43.8 Å². The van der Waals surface area contributed by atoms with Gasteiger partial charge in [-0.05, 0) is 25.1 Å². The highest BCUT2D eigenvalue weighted by Crippen LogP contribution is 2.15. The van der Waals surface area contributed by atoms with Crippen LogP contribution in [0.1, 0.15) is 6.92 Å². The Kier molecular flexibility index (Phi) is 14.5. The first kappa shape index (κ1) is 36.3. The highest BCUT2D eigenvalue weighted by atomic mass is 16.6. The number of esters is 2. The average molecular weight is 638 g/mol. The van der Waals surface area contributed by atoms with Crippen molar-refractivity contribution in [2.45, 2.75) is 38.8 Å². The Morgan fingerprint density at radius 3 is 1.87 bits per heavy atom. The molecule has 0 fully saturated rings. The normalized spacial score (nSPS) is 12.1. The molecule has 0 aliphatic rings. The van der Waals surface area contributed by atoms with Gasteiger partial charge in [-0.2, -0.15) is 0 Å². The summed E-state index contributed by atoms with van der Waals surface area (Å²) in [7, 11) is 1.18. The molecule has 2 atom stereocenters. The van der Waals surface area contributed by atoms with Crippen LogP contribution in [0.3, 0.4) is 0 Å². The average Bonchev–Trinajstić information content (AvgIpc) is 2.98. The maximum Gasteiger partial charge on any atom is 0.336 e. The molecular formula is C27H35N5O13. The molecule has 0 aliphatic carbocycles. The Bertz CT molecular complexity index is 1540. The molecule has 18 nitrogen and oxygen atoms in total. The van der Waals surface area contributed by atoms with E-state index in [1.54, 1.807) is 12.1 Å². The van der Waals surface area contributed by atoms with Crippen molar-refractivity contribution in [1.82, 2.24) is 13.7 Å². The fraction of sp³-hybridized carbons (Fsp3) is 0.444. The molecule has 0 bridgehead atoms. The van der Waals surface area contributed by atoms with Crippen molar-refractivity contribution in [2.75, 3.05) is 50.8 Å². The number of aliphatic hydroxyl groups excluding tert-OH is 2. The van der Waals surface area contributed by atoms with Gasteiger partial charge in [0.15, 0.2) is 0 Å². The lowest BCUT2D eigenvalue weighted by Gasteiger charge is -2.16. The molecule has 2 amide bonds. The van der Waals surface area contributed by atoms with Gasteiger partial charge in [0.25, 0.3) is 0 Å². The summed E-state index contributed by atoms with van der Waals surface area (Å²) in [5.74, 6) is -2.79. The van der Waals surface area contributed by atoms with Gasteiger partial charge in [0, 0.05) is 11.4 Å². The van der Waals surface area contributed by atoms with Crippen LogP contribution in [0.25, 0.3) is 0 Å². The second-order valence-electron chi connectivity index (χ2n) is 9.39. The molecule has 2 aromatic rings. The minimum atomic E-state index is -1.54. The Hall–Kier alpha value is -4.91. The van der Waals surface area contributed by atoms with Crippen LogP contribution in [0.2, 0.25) is 0 Å². The Morgan fingerprint density at radius 1 is 0.844 bits per heavy atom. The van der Waals surface area contributed by atoms with E-state index >= 15 is 0 Å². The molecule has 0 radical (unpaired) electrons. The van der Waals surface area contributed by atoms with Gasteiger partial charge in [0.1, 0.15) is 39.1 Å². The Balaban J connectivity index is 1.83. The zero-order valence-electron chi connectivity index (χ0n) is 24.6. The summed E-state index contributed by atoms with van der Waals surface area (Å²) in [6.07, 6.45) is -1.37. The third-order valence-electron chi connectivity index (χ3n) is 5.54. The summed E-state index contributed by atoms with van der Waals surface area (Å²) < 4.78 is 21.1. The molecule has 1 aromatic carbocycles. The predicted molar refractivity (Wildman–Crippen MR) is 155 cm³/mol. The quantitative estimate of drug-likeness (QED) is 0.0973. The third-order valence-corrected chi connectivity index (χ3v) is 5.54. The topological polar surface area (TPSA) is 236 Å². The lowest BCUT2D eigenvalue weighted by atomic mass is 10.2. The van der Waals surface area contributed by atoms with Crippen LogP contribution in [0.5, 0.6) is 0 Å². The van der Waals surface area contributed by atoms with Crippen molar-refractivity contribution >= 4 is 35.1 Å². The van der Waals surface area contributed by atoms with Crippen LogP contribution < -0.4 is 27.7 Å². The molecule has 0 saturated carbocycles. The van der Waals surface area contributed by atoms with E-state index < -0.39 is 99.2 Å². The maximum absolute atomic E-state index is 12.7. The molecule has 0 saturated heterocycles. The number of rotatable bonds is 18. The highest BCUT2D eigenvalue weighted by molar-refractivity contribution is 5.95. The summed E-state index contributed by atoms with van der Waals surface area (Å²) in [6, 6.07) is 6.08. The number of hydrogen-bond acceptors (Lipinski definition) is 13. The molecule has 4 N–H and O–H groups in total. The van der Waals surface area contributed by atoms with E-state index in [0.717, 1.165) is 0 Å². The number of aromatic nitrogens is 3. The number of benzene rings is 1. The van der Waals surface area contributed by atoms with Gasteiger partial charge in [-0.25, -0.2) is 37.7 Å². The van der Waals surface area contributed by atoms with Gasteiger partial charge in [-0.1, -0.05) is 12.1 Å². The first-order valence-corrected chi connectivity index (χ1v) is 13.3. The number of ether oxygens (including phenoxy) is 4. The first-order chi connectivity index (χ1) is 21.4. The number of anilines is 2. The van der Waals surface area contributed by atoms with E-state index in [2.05, 4.69) is 21.9 Å². The lowest BCUT2D eigenvalue weighted by molar-refractivity contribution is -0.152. The minimum absolute atomic E-state index is 0.231. The zero-order chi connectivity index (χ0) is 33.5. The molecule has 1 aromatic heterocycles. The standard InChI is InChI=1S/C27H35N5O13/c1-4-8-30-25(39)31(10-17(2)33)27(41)32(26(30)40)11-20(34)12-45-24(38)16-44-14-22(36)29-19-7-5-6-18(9-19)28-21(35)13-43-15-23(37)42-3/h4-7,9,17,20,33-34H,1,8,10-16H2,2-3H3,(H,28,35)(H,29,36). The number of carbonyl (C=O) groups is 4. The third kappa shape index (κ3) is 11.9. The van der Waals surface area contributed by atoms with Crippen molar-refractivity contribution in [3.05, 3.63) is 68.4 Å². The monoisotopic (exact) mass is 637 g/mol. The largest absolute Gasteiger partial charge is 0.467 e. The van der Waals surface area contributed by atoms with Gasteiger partial charge >= 0.3 is 29.0 Å². The van der Waals surface area contributed by atoms with E-state index in [4.69, 9.17) is 14.2 Å². The maximum atomic E-state index is 12.7. The minimum Gasteiger partial charge on any atom is -0.467 e. The second-order valence-corrected chi connectivity index (χ2v) is 9.39. The van der Waals surface area contributed by atoms with E-state index in [-0.39, 0.29) is 6.54 Å². The lowest BCUT2D eigenvalue weighted by Crippen LogP contribution is -2.56. The van der Waals surface area contributed by atoms with Crippen molar-refractivity contribution in [1.29, 1.82) is 0 Å². The van der Waals surface area contributed by atoms with Crippen LogP contribution in [0.4, 0.5) is 11.4 Å². The summed E-state index contributed by atoms with van der Waals surface area (Å²) in [6.45, 7) is 0.859. The van der Waals surface area contributed by atoms with Crippen LogP contribution in [0, 0.1) is 0 Å². The highest BCUT2D eigenvalue weighted by Gasteiger charge is 2.19. The van der Waals surface area contributed by atoms with Crippen molar-refractivity contribution in [3.8, 4) is 0 Å². The van der Waals surface area contributed by atoms with Crippen molar-refractivity contribution in [3.63, 3.8) is 0 Å². The number of carbonyl (C=O) groups excluding carboxylic acids is 4. The van der Waals surface area contributed by atoms with E-state index in [0.29, 0.717) is 25.1 Å². The number of amides is 2. The van der Waals surface area contributed by atoms with Gasteiger partial charge in [0.2, 0.25) is 11.8 Å². The Labute approximate surface area is 255 Å². The molecule has 0 aliphatic heterocycles. The van der Waals surface area contributed by atoms with Crippen LogP contribution in [-0.2, 0) is 57.8 Å². The van der Waals surface area contributed by atoms with Crippen LogP contribution in [-0.4, -0.2) is 100 Å². The van der Waals surface area contributed by atoms with Crippen LogP contribution >= 0.6 is 0 Å². The second kappa shape index (κ2) is 18.0. The fourth-order valence-corrected chi connectivity index (χ4v) is 3.62. The van der Waals surface area contributed by atoms with Gasteiger partial charge in [0.05, 0.1) is 32.8 Å². The summed E-state index contributed by atoms with van der Waals surface area (Å²) in [5, 5.41) is 25.0. The molecule has 1 heterocycles. The number of allylic oxidation sites excluding steroid dienone is 1. The van der Waals surface area contributed by atoms with Gasteiger partial charge in [-0.3, -0.25) is 9.59 Å². The van der Waals surface area contributed by atoms with Gasteiger partial charge in [-0.15, -0.1) is 6.58 Å². The van der Waals surface area contributed by atoms with E-state index in [1.807, 2.05) is 0 Å². The molecule has 45 heavy (non-hydrogen) atoms. The van der Waals surface area contributed by atoms with Gasteiger partial charge < -0.3 is 39.8 Å². The molecule has 246 valence electrons. The SMILES string of the molecule is C=CCn1c(=O)n(CC(C)O)c(=O)n(CC(O)COC(=O)COCC(=O)Nc2cccc(NC(=O)COCC(=O)OC)c2)c1=O. The smallest absolute Gasteiger partial charge is 0.336 e. The number of nitrogens with zero attached hydrogens (tertiary/aromatic N) is 3. The number of methoxy groups -OCH3 is 1. The van der Waals surface area contributed by atoms with Crippen LogP contribution in [0.15, 0.2) is 51.3 Å². The molecular weight excluding hydrogens is 602 g/mol. The van der Waals surface area contributed by atoms with Crippen molar-refractivity contribution < 1.29 is 48.3 Å². The molecule has 2 rings (SSSR count). The molecule has 0 spiro atoms. The van der Waals surface area contributed by atoms with E-state index in [1.165, 1.54) is 32.2 Å². The molecule has 2 unspecified atom stereocenters. The zero-order valence-corrected chi connectivity index (χ0v) is 24.6. The first-order valence-electron chi connectivity index (χ1n) is 13.3. The number of nitrogens with one attached hydrogen (secondary N) is 2. The summed E-state index contributed by atoms with van der Waals surface area (Å²) >= 11 is 0. The number of hydrogen-bond donors (Lipinski definition) is 4. The summed E-state index contributed by atoms with van der Waals surface area (Å²) in [4.78, 5) is 85.0. The molecule has 18 heteroatoms. The fourth-order valence-electron chi connectivity index (χ4n) is 3.62. The number of aliphatic hydroxyl groups is 2. The predicted octanol–water partition coefficient (Wildman–Crippen LogP) is -2.57. The van der Waals surface area contributed by atoms with Crippen molar-refractivity contribution in [2.24, 2.45) is 0 Å². The Morgan fingerprint density at radius 2 is 1.36 bits per heavy atom. The summed E-state index contributed by atoms with van der Waals surface area (Å²) in [5.41, 5.74) is -2.42.